The van der Waals surface area contributed by atoms with Crippen molar-refractivity contribution in [3.05, 3.63) is 36.2 Å². The van der Waals surface area contributed by atoms with E-state index in [4.69, 9.17) is 4.98 Å². The number of pyridine rings is 1. The van der Waals surface area contributed by atoms with Crippen LogP contribution in [0.4, 0.5) is 5.82 Å². The Kier molecular flexibility index (Phi) is 6.12. The summed E-state index contributed by atoms with van der Waals surface area (Å²) in [4.78, 5) is 30.0. The Labute approximate surface area is 154 Å². The van der Waals surface area contributed by atoms with E-state index in [1.807, 2.05) is 25.1 Å². The summed E-state index contributed by atoms with van der Waals surface area (Å²) in [6.45, 7) is 8.57. The van der Waals surface area contributed by atoms with Gasteiger partial charge in [0.1, 0.15) is 11.5 Å². The topological polar surface area (TPSA) is 74.2 Å². The molecular formula is C19H26N6O. The highest BCUT2D eigenvalue weighted by atomic mass is 16.2. The van der Waals surface area contributed by atoms with Crippen LogP contribution in [-0.4, -0.2) is 65.0 Å². The molecule has 7 heteroatoms. The third-order valence-corrected chi connectivity index (χ3v) is 4.46. The smallest absolute Gasteiger partial charge is 0.234 e. The van der Waals surface area contributed by atoms with Crippen molar-refractivity contribution >= 4 is 11.7 Å². The summed E-state index contributed by atoms with van der Waals surface area (Å²) in [6.07, 6.45) is 2.61. The maximum absolute atomic E-state index is 11.8. The molecule has 0 spiro atoms. The van der Waals surface area contributed by atoms with Crippen molar-refractivity contribution in [2.45, 2.75) is 20.3 Å². The average Bonchev–Trinajstić information content (AvgIpc) is 2.69. The van der Waals surface area contributed by atoms with Crippen molar-refractivity contribution in [2.75, 3.05) is 44.2 Å². The lowest BCUT2D eigenvalue weighted by atomic mass is 10.2. The Hall–Kier alpha value is -2.54. The van der Waals surface area contributed by atoms with E-state index < -0.39 is 0 Å². The van der Waals surface area contributed by atoms with Gasteiger partial charge in [-0.05, 0) is 25.5 Å². The Morgan fingerprint density at radius 2 is 1.96 bits per heavy atom. The number of carbonyl (C=O) groups excluding carboxylic acids is 1. The number of nitrogens with one attached hydrogen (secondary N) is 1. The van der Waals surface area contributed by atoms with Gasteiger partial charge in [-0.3, -0.25) is 14.7 Å². The maximum Gasteiger partial charge on any atom is 0.234 e. The molecule has 0 saturated carbocycles. The van der Waals surface area contributed by atoms with E-state index in [-0.39, 0.29) is 5.91 Å². The molecule has 0 aliphatic carbocycles. The van der Waals surface area contributed by atoms with Gasteiger partial charge in [-0.15, -0.1) is 0 Å². The number of nitrogens with zero attached hydrogens (tertiary/aromatic N) is 5. The number of aromatic nitrogens is 3. The van der Waals surface area contributed by atoms with E-state index in [0.29, 0.717) is 18.9 Å². The molecule has 2 aromatic heterocycles. The Morgan fingerprint density at radius 3 is 2.62 bits per heavy atom. The van der Waals surface area contributed by atoms with Crippen LogP contribution in [0.2, 0.25) is 0 Å². The van der Waals surface area contributed by atoms with Crippen LogP contribution in [0.15, 0.2) is 30.5 Å². The molecule has 1 aliphatic rings. The third kappa shape index (κ3) is 4.54. The lowest BCUT2D eigenvalue weighted by Gasteiger charge is -2.35. The highest BCUT2D eigenvalue weighted by Crippen LogP contribution is 2.20. The summed E-state index contributed by atoms with van der Waals surface area (Å²) >= 11 is 0. The van der Waals surface area contributed by atoms with Crippen LogP contribution in [0.1, 0.15) is 19.5 Å². The highest BCUT2D eigenvalue weighted by molar-refractivity contribution is 5.78. The van der Waals surface area contributed by atoms with Crippen molar-refractivity contribution in [1.29, 1.82) is 0 Å². The van der Waals surface area contributed by atoms with Crippen LogP contribution in [-0.2, 0) is 11.2 Å². The normalized spacial score (nSPS) is 15.1. The molecule has 0 bridgehead atoms. The summed E-state index contributed by atoms with van der Waals surface area (Å²) in [5.41, 5.74) is 1.80. The minimum absolute atomic E-state index is 0.0914. The van der Waals surface area contributed by atoms with Gasteiger partial charge >= 0.3 is 0 Å². The number of rotatable bonds is 6. The molecule has 1 N–H and O–H groups in total. The summed E-state index contributed by atoms with van der Waals surface area (Å²) < 4.78 is 0. The molecule has 0 unspecified atom stereocenters. The predicted octanol–water partition coefficient (Wildman–Crippen LogP) is 1.36. The van der Waals surface area contributed by atoms with Crippen LogP contribution in [0.25, 0.3) is 11.5 Å². The van der Waals surface area contributed by atoms with Crippen LogP contribution < -0.4 is 10.2 Å². The van der Waals surface area contributed by atoms with Crippen molar-refractivity contribution in [1.82, 2.24) is 25.2 Å². The second kappa shape index (κ2) is 8.71. The van der Waals surface area contributed by atoms with Gasteiger partial charge in [0.05, 0.1) is 6.54 Å². The highest BCUT2D eigenvalue weighted by Gasteiger charge is 2.21. The number of carbonyl (C=O) groups is 1. The van der Waals surface area contributed by atoms with Gasteiger partial charge in [0.15, 0.2) is 5.82 Å². The zero-order valence-corrected chi connectivity index (χ0v) is 15.5. The Balaban J connectivity index is 1.71. The van der Waals surface area contributed by atoms with Crippen LogP contribution in [0, 0.1) is 0 Å². The van der Waals surface area contributed by atoms with E-state index >= 15 is 0 Å². The summed E-state index contributed by atoms with van der Waals surface area (Å²) in [5.74, 6) is 1.70. The van der Waals surface area contributed by atoms with Gasteiger partial charge in [0.2, 0.25) is 5.91 Å². The second-order valence-corrected chi connectivity index (χ2v) is 6.33. The molecule has 26 heavy (non-hydrogen) atoms. The van der Waals surface area contributed by atoms with E-state index in [2.05, 4.69) is 38.1 Å². The first-order chi connectivity index (χ1) is 12.7. The lowest BCUT2D eigenvalue weighted by molar-refractivity contribution is -0.122. The van der Waals surface area contributed by atoms with Crippen molar-refractivity contribution in [3.63, 3.8) is 0 Å². The van der Waals surface area contributed by atoms with Gasteiger partial charge in [-0.2, -0.15) is 0 Å². The van der Waals surface area contributed by atoms with E-state index in [9.17, 15) is 4.79 Å². The van der Waals surface area contributed by atoms with Gasteiger partial charge in [0, 0.05) is 50.7 Å². The molecule has 1 fully saturated rings. The number of likely N-dealkylation sites (N-methyl/N-ethyl adjacent to an activating group) is 1. The van der Waals surface area contributed by atoms with Crippen LogP contribution in [0.5, 0.6) is 0 Å². The standard InChI is InChI=1S/C19H26N6O/c1-3-15-13-17(23-19(22-15)16-7-5-6-8-21-16)25-11-9-24(10-12-25)14-18(26)20-4-2/h5-8,13H,3-4,9-12,14H2,1-2H3,(H,20,26). The number of hydrogen-bond donors (Lipinski definition) is 1. The van der Waals surface area contributed by atoms with Crippen LogP contribution in [0.3, 0.4) is 0 Å². The molecule has 0 radical (unpaired) electrons. The maximum atomic E-state index is 11.8. The number of hydrogen-bond acceptors (Lipinski definition) is 6. The quantitative estimate of drug-likeness (QED) is 0.844. The molecule has 138 valence electrons. The monoisotopic (exact) mass is 354 g/mol. The second-order valence-electron chi connectivity index (χ2n) is 6.33. The number of piperazine rings is 1. The minimum atomic E-state index is 0.0914. The van der Waals surface area contributed by atoms with E-state index in [0.717, 1.165) is 49.8 Å². The average molecular weight is 354 g/mol. The molecule has 3 heterocycles. The molecule has 1 aliphatic heterocycles. The molecule has 1 amide bonds. The zero-order valence-electron chi connectivity index (χ0n) is 15.5. The molecule has 7 nitrogen and oxygen atoms in total. The Morgan fingerprint density at radius 1 is 1.15 bits per heavy atom. The van der Waals surface area contributed by atoms with Crippen molar-refractivity contribution in [3.8, 4) is 11.5 Å². The molecule has 3 rings (SSSR count). The molecular weight excluding hydrogens is 328 g/mol. The third-order valence-electron chi connectivity index (χ3n) is 4.46. The van der Waals surface area contributed by atoms with Gasteiger partial charge < -0.3 is 10.2 Å². The number of anilines is 1. The first-order valence-electron chi connectivity index (χ1n) is 9.23. The summed E-state index contributed by atoms with van der Waals surface area (Å²) in [7, 11) is 0. The number of amides is 1. The molecule has 1 saturated heterocycles. The minimum Gasteiger partial charge on any atom is -0.355 e. The molecule has 0 aromatic carbocycles. The molecule has 2 aromatic rings. The first kappa shape index (κ1) is 18.3. The van der Waals surface area contributed by atoms with Crippen LogP contribution >= 0.6 is 0 Å². The summed E-state index contributed by atoms with van der Waals surface area (Å²) in [5, 5.41) is 2.85. The largest absolute Gasteiger partial charge is 0.355 e. The summed E-state index contributed by atoms with van der Waals surface area (Å²) in [6, 6.07) is 7.83. The van der Waals surface area contributed by atoms with Gasteiger partial charge in [-0.25, -0.2) is 9.97 Å². The van der Waals surface area contributed by atoms with Gasteiger partial charge in [-0.1, -0.05) is 13.0 Å². The first-order valence-corrected chi connectivity index (χ1v) is 9.23. The fourth-order valence-corrected chi connectivity index (χ4v) is 3.03. The van der Waals surface area contributed by atoms with E-state index in [1.165, 1.54) is 0 Å². The lowest BCUT2D eigenvalue weighted by Crippen LogP contribution is -2.49. The predicted molar refractivity (Wildman–Crippen MR) is 102 cm³/mol. The van der Waals surface area contributed by atoms with Gasteiger partial charge in [0.25, 0.3) is 0 Å². The molecule has 0 atom stereocenters. The van der Waals surface area contributed by atoms with E-state index in [1.54, 1.807) is 6.20 Å². The fourth-order valence-electron chi connectivity index (χ4n) is 3.03. The number of aryl methyl sites for hydroxylation is 1. The van der Waals surface area contributed by atoms with Crippen molar-refractivity contribution in [2.24, 2.45) is 0 Å². The Bertz CT molecular complexity index is 728. The van der Waals surface area contributed by atoms with Crippen molar-refractivity contribution < 1.29 is 4.79 Å². The fraction of sp³-hybridized carbons (Fsp3) is 0.474. The SMILES string of the molecule is CCNC(=O)CN1CCN(c2cc(CC)nc(-c3ccccn3)n2)CC1. The zero-order chi connectivity index (χ0) is 18.4.